The van der Waals surface area contributed by atoms with E-state index in [0.717, 1.165) is 19.5 Å². The minimum absolute atomic E-state index is 0.0951. The van der Waals surface area contributed by atoms with E-state index in [9.17, 15) is 23.1 Å². The molecule has 3 aliphatic rings. The standard InChI is InChI=1S/C23H25N3O6S/c27-18(12-26-8-7-15-3-1-2-4-17(15)11-26)10-24-21(28)16-5-6-20-19(9-16)25-22(29)23(32-20)13-33(30,31)14-23/h1-6,9,18,27H,7-8,10-14H2,(H,24,28)(H,25,29). The van der Waals surface area contributed by atoms with Gasteiger partial charge in [-0.2, -0.15) is 0 Å². The number of carbonyl (C=O) groups is 2. The second-order valence-electron chi connectivity index (χ2n) is 8.91. The fraction of sp³-hybridized carbons (Fsp3) is 0.391. The summed E-state index contributed by atoms with van der Waals surface area (Å²) in [6, 6.07) is 12.8. The summed E-state index contributed by atoms with van der Waals surface area (Å²) in [6.07, 6.45) is 0.214. The van der Waals surface area contributed by atoms with Gasteiger partial charge in [0.2, 0.25) is 5.60 Å². The lowest BCUT2D eigenvalue weighted by molar-refractivity contribution is -0.130. The van der Waals surface area contributed by atoms with Crippen LogP contribution in [0.1, 0.15) is 21.5 Å². The first-order valence-electron chi connectivity index (χ1n) is 10.8. The lowest BCUT2D eigenvalue weighted by Crippen LogP contribution is -2.67. The fourth-order valence-electron chi connectivity index (χ4n) is 4.59. The van der Waals surface area contributed by atoms with Gasteiger partial charge in [0.1, 0.15) is 17.3 Å². The molecule has 2 aromatic rings. The molecule has 1 spiro atoms. The maximum Gasteiger partial charge on any atom is 0.270 e. The minimum Gasteiger partial charge on any atom is -0.473 e. The highest BCUT2D eigenvalue weighted by molar-refractivity contribution is 7.93. The number of nitrogens with zero attached hydrogens (tertiary/aromatic N) is 1. The summed E-state index contributed by atoms with van der Waals surface area (Å²) in [5.74, 6) is -1.30. The van der Waals surface area contributed by atoms with Crippen molar-refractivity contribution in [2.45, 2.75) is 24.7 Å². The third-order valence-corrected chi connectivity index (χ3v) is 8.10. The molecule has 0 radical (unpaired) electrons. The Morgan fingerprint density at radius 1 is 1.21 bits per heavy atom. The van der Waals surface area contributed by atoms with Crippen molar-refractivity contribution in [3.63, 3.8) is 0 Å². The number of β-amino-alcohol motifs (C(OH)–C–C–N with tert-alkyl or cyclic N) is 1. The Kier molecular flexibility index (Phi) is 5.38. The number of amides is 2. The number of rotatable bonds is 5. The highest BCUT2D eigenvalue weighted by Crippen LogP contribution is 2.39. The van der Waals surface area contributed by atoms with E-state index in [-0.39, 0.29) is 24.0 Å². The normalized spacial score (nSPS) is 21.1. The maximum absolute atomic E-state index is 12.6. The molecule has 2 amide bonds. The lowest BCUT2D eigenvalue weighted by atomic mass is 10.00. The van der Waals surface area contributed by atoms with Gasteiger partial charge in [0.25, 0.3) is 11.8 Å². The lowest BCUT2D eigenvalue weighted by Gasteiger charge is -2.42. The van der Waals surface area contributed by atoms with Crippen LogP contribution in [-0.4, -0.2) is 73.1 Å². The quantitative estimate of drug-likeness (QED) is 0.574. The summed E-state index contributed by atoms with van der Waals surface area (Å²) >= 11 is 0. The van der Waals surface area contributed by atoms with E-state index in [1.165, 1.54) is 23.3 Å². The molecule has 1 saturated heterocycles. The smallest absolute Gasteiger partial charge is 0.270 e. The number of anilines is 1. The molecular formula is C23H25N3O6S. The SMILES string of the molecule is O=C(NCC(O)CN1CCc2ccccc2C1)c1ccc2c(c1)NC(=O)C1(CS(=O)(=O)C1)O2. The van der Waals surface area contributed by atoms with Crippen LogP contribution in [-0.2, 0) is 27.6 Å². The molecule has 3 aliphatic heterocycles. The van der Waals surface area contributed by atoms with Gasteiger partial charge in [-0.3, -0.25) is 14.5 Å². The first-order valence-corrected chi connectivity index (χ1v) is 12.7. The van der Waals surface area contributed by atoms with Gasteiger partial charge in [-0.1, -0.05) is 24.3 Å². The Hall–Kier alpha value is -2.95. The van der Waals surface area contributed by atoms with Crippen LogP contribution in [0.5, 0.6) is 5.75 Å². The number of benzene rings is 2. The Bertz CT molecular complexity index is 1220. The molecule has 1 unspecified atom stereocenters. The van der Waals surface area contributed by atoms with Gasteiger partial charge in [-0.15, -0.1) is 0 Å². The summed E-state index contributed by atoms with van der Waals surface area (Å²) in [5, 5.41) is 15.8. The van der Waals surface area contributed by atoms with E-state index >= 15 is 0 Å². The van der Waals surface area contributed by atoms with Crippen molar-refractivity contribution in [2.75, 3.05) is 36.5 Å². The van der Waals surface area contributed by atoms with E-state index in [4.69, 9.17) is 4.74 Å². The number of hydrogen-bond acceptors (Lipinski definition) is 7. The van der Waals surface area contributed by atoms with Crippen molar-refractivity contribution in [2.24, 2.45) is 0 Å². The molecule has 1 atom stereocenters. The zero-order chi connectivity index (χ0) is 23.2. The number of hydrogen-bond donors (Lipinski definition) is 3. The molecule has 0 bridgehead atoms. The van der Waals surface area contributed by atoms with Crippen LogP contribution in [0.4, 0.5) is 5.69 Å². The van der Waals surface area contributed by atoms with Crippen molar-refractivity contribution < 1.29 is 27.9 Å². The molecule has 3 heterocycles. The fourth-order valence-corrected chi connectivity index (χ4v) is 6.31. The van der Waals surface area contributed by atoms with Gasteiger partial charge in [-0.05, 0) is 35.7 Å². The van der Waals surface area contributed by atoms with Crippen molar-refractivity contribution in [3.05, 3.63) is 59.2 Å². The topological polar surface area (TPSA) is 125 Å². The first-order chi connectivity index (χ1) is 15.7. The number of fused-ring (bicyclic) bond motifs is 2. The van der Waals surface area contributed by atoms with Gasteiger partial charge in [0.05, 0.1) is 11.8 Å². The molecule has 0 aromatic heterocycles. The summed E-state index contributed by atoms with van der Waals surface area (Å²) in [5.41, 5.74) is 1.84. The van der Waals surface area contributed by atoms with Crippen molar-refractivity contribution in [1.82, 2.24) is 10.2 Å². The Labute approximate surface area is 191 Å². The Morgan fingerprint density at radius 3 is 2.73 bits per heavy atom. The molecular weight excluding hydrogens is 446 g/mol. The van der Waals surface area contributed by atoms with Crippen molar-refractivity contribution in [3.8, 4) is 5.75 Å². The molecule has 1 fully saturated rings. The number of nitrogens with one attached hydrogen (secondary N) is 2. The summed E-state index contributed by atoms with van der Waals surface area (Å²) in [6.45, 7) is 2.18. The van der Waals surface area contributed by atoms with Gasteiger partial charge in [0.15, 0.2) is 9.84 Å². The summed E-state index contributed by atoms with van der Waals surface area (Å²) in [7, 11) is -3.26. The van der Waals surface area contributed by atoms with Crippen LogP contribution in [0.15, 0.2) is 42.5 Å². The predicted molar refractivity (Wildman–Crippen MR) is 121 cm³/mol. The molecule has 2 aromatic carbocycles. The van der Waals surface area contributed by atoms with E-state index in [1.54, 1.807) is 6.07 Å². The van der Waals surface area contributed by atoms with Crippen LogP contribution in [0.3, 0.4) is 0 Å². The number of aliphatic hydroxyl groups excluding tert-OH is 1. The molecule has 33 heavy (non-hydrogen) atoms. The number of sulfone groups is 1. The monoisotopic (exact) mass is 471 g/mol. The predicted octanol–water partition coefficient (Wildman–Crippen LogP) is 0.334. The van der Waals surface area contributed by atoms with E-state index in [2.05, 4.69) is 27.7 Å². The Balaban J connectivity index is 1.16. The molecule has 0 aliphatic carbocycles. The zero-order valence-corrected chi connectivity index (χ0v) is 18.7. The second kappa shape index (κ2) is 8.12. The van der Waals surface area contributed by atoms with Gasteiger partial charge >= 0.3 is 0 Å². The van der Waals surface area contributed by atoms with Gasteiger partial charge in [0, 0.05) is 31.7 Å². The molecule has 5 rings (SSSR count). The van der Waals surface area contributed by atoms with Gasteiger partial charge in [-0.25, -0.2) is 8.42 Å². The third-order valence-electron chi connectivity index (χ3n) is 6.29. The highest BCUT2D eigenvalue weighted by Gasteiger charge is 2.58. The van der Waals surface area contributed by atoms with Gasteiger partial charge < -0.3 is 20.5 Å². The molecule has 0 saturated carbocycles. The third kappa shape index (κ3) is 4.33. The molecule has 3 N–H and O–H groups in total. The molecule has 9 nitrogen and oxygen atoms in total. The van der Waals surface area contributed by atoms with E-state index in [0.29, 0.717) is 23.5 Å². The zero-order valence-electron chi connectivity index (χ0n) is 17.9. The minimum atomic E-state index is -3.26. The van der Waals surface area contributed by atoms with E-state index < -0.39 is 27.4 Å². The summed E-state index contributed by atoms with van der Waals surface area (Å²) in [4.78, 5) is 27.1. The van der Waals surface area contributed by atoms with Crippen LogP contribution in [0.2, 0.25) is 0 Å². The van der Waals surface area contributed by atoms with Crippen LogP contribution >= 0.6 is 0 Å². The maximum atomic E-state index is 12.6. The summed E-state index contributed by atoms with van der Waals surface area (Å²) < 4.78 is 28.7. The average Bonchev–Trinajstić information content (AvgIpc) is 2.76. The largest absolute Gasteiger partial charge is 0.473 e. The second-order valence-corrected chi connectivity index (χ2v) is 11.0. The molecule has 174 valence electrons. The molecule has 10 heteroatoms. The van der Waals surface area contributed by atoms with E-state index in [1.807, 2.05) is 12.1 Å². The van der Waals surface area contributed by atoms with Crippen LogP contribution in [0, 0.1) is 0 Å². The average molecular weight is 472 g/mol. The van der Waals surface area contributed by atoms with Crippen molar-refractivity contribution >= 4 is 27.3 Å². The number of ether oxygens (including phenoxy) is 1. The number of aliphatic hydroxyl groups is 1. The van der Waals surface area contributed by atoms with Crippen LogP contribution in [0.25, 0.3) is 0 Å². The first kappa shape index (κ1) is 21.9. The highest BCUT2D eigenvalue weighted by atomic mass is 32.2. The Morgan fingerprint density at radius 2 is 1.97 bits per heavy atom. The van der Waals surface area contributed by atoms with Crippen molar-refractivity contribution in [1.29, 1.82) is 0 Å². The van der Waals surface area contributed by atoms with Crippen LogP contribution < -0.4 is 15.4 Å². The number of carbonyl (C=O) groups excluding carboxylic acids is 2.